The summed E-state index contributed by atoms with van der Waals surface area (Å²) >= 11 is 1.57. The number of hydrogen-bond acceptors (Lipinski definition) is 7. The number of hydrogen-bond donors (Lipinski definition) is 1. The van der Waals surface area contributed by atoms with Gasteiger partial charge < -0.3 is 14.5 Å². The molecule has 0 saturated carbocycles. The quantitative estimate of drug-likeness (QED) is 0.693. The second-order valence-electron chi connectivity index (χ2n) is 7.94. The van der Waals surface area contributed by atoms with Gasteiger partial charge in [-0.25, -0.2) is 4.98 Å². The van der Waals surface area contributed by atoms with Crippen LogP contribution in [0.15, 0.2) is 28.9 Å². The van der Waals surface area contributed by atoms with E-state index in [1.807, 2.05) is 17.0 Å². The van der Waals surface area contributed by atoms with Crippen molar-refractivity contribution < 1.29 is 14.4 Å². The third-order valence-corrected chi connectivity index (χ3v) is 7.06. The molecule has 3 heterocycles. The Hall–Kier alpha value is -2.58. The summed E-state index contributed by atoms with van der Waals surface area (Å²) < 4.78 is 5.54. The first kappa shape index (κ1) is 18.4. The maximum atomic E-state index is 12.3. The Morgan fingerprint density at radius 3 is 2.97 bits per heavy atom. The lowest BCUT2D eigenvalue weighted by atomic mass is 10.0. The molecule has 1 amide bonds. The van der Waals surface area contributed by atoms with Gasteiger partial charge in [0.15, 0.2) is 0 Å². The highest BCUT2D eigenvalue weighted by atomic mass is 32.1. The molecule has 1 aromatic carbocycles. The third kappa shape index (κ3) is 2.98. The van der Waals surface area contributed by atoms with Crippen LogP contribution in [-0.2, 0) is 11.2 Å². The van der Waals surface area contributed by atoms with Crippen LogP contribution in [-0.4, -0.2) is 44.2 Å². The molecular weight excluding hydrogens is 388 g/mol. The minimum Gasteiger partial charge on any atom is -0.395 e. The number of aliphatic hydroxyl groups excluding tert-OH is 1. The highest BCUT2D eigenvalue weighted by Gasteiger charge is 2.46. The number of β-amino-alcohol motifs (C(OH)–C–C–N with tert-alkyl or cyclic N) is 1. The number of thiazole rings is 1. The molecule has 1 aliphatic carbocycles. The number of carbonyl (C=O) groups is 1. The maximum Gasteiger partial charge on any atom is 0.269 e. The van der Waals surface area contributed by atoms with Gasteiger partial charge in [-0.15, -0.1) is 11.3 Å². The second-order valence-corrected chi connectivity index (χ2v) is 9.00. The Morgan fingerprint density at radius 1 is 1.34 bits per heavy atom. The Kier molecular flexibility index (Phi) is 4.48. The van der Waals surface area contributed by atoms with E-state index in [2.05, 4.69) is 35.0 Å². The number of carbonyl (C=O) groups excluding carboxylic acids is 1. The van der Waals surface area contributed by atoms with Crippen LogP contribution >= 0.6 is 11.3 Å². The molecule has 1 N–H and O–H groups in total. The molecule has 0 spiro atoms. The topological polar surface area (TPSA) is 92.4 Å². The molecule has 29 heavy (non-hydrogen) atoms. The van der Waals surface area contributed by atoms with Crippen LogP contribution < -0.4 is 0 Å². The average Bonchev–Trinajstić information content (AvgIpc) is 3.45. The molecular formula is C21H22N4O3S. The van der Waals surface area contributed by atoms with E-state index in [0.717, 1.165) is 27.4 Å². The van der Waals surface area contributed by atoms with Crippen LogP contribution in [0.2, 0.25) is 0 Å². The molecule has 1 aliphatic heterocycles. The zero-order valence-electron chi connectivity index (χ0n) is 16.3. The smallest absolute Gasteiger partial charge is 0.269 e. The minimum atomic E-state index is -0.0224. The first-order valence-corrected chi connectivity index (χ1v) is 10.7. The van der Waals surface area contributed by atoms with Gasteiger partial charge >= 0.3 is 0 Å². The summed E-state index contributed by atoms with van der Waals surface area (Å²) in [6.07, 6.45) is 3.12. The lowest BCUT2D eigenvalue weighted by Gasteiger charge is -2.24. The van der Waals surface area contributed by atoms with Crippen LogP contribution in [0.25, 0.3) is 22.2 Å². The van der Waals surface area contributed by atoms with Crippen molar-refractivity contribution in [1.82, 2.24) is 20.0 Å². The summed E-state index contributed by atoms with van der Waals surface area (Å²) in [5, 5.41) is 14.6. The monoisotopic (exact) mass is 410 g/mol. The number of amides is 1. The van der Waals surface area contributed by atoms with Crippen molar-refractivity contribution in [3.8, 4) is 22.2 Å². The van der Waals surface area contributed by atoms with Crippen molar-refractivity contribution in [1.29, 1.82) is 0 Å². The molecule has 2 aliphatic rings. The Morgan fingerprint density at radius 2 is 2.21 bits per heavy atom. The molecule has 5 rings (SSSR count). The van der Waals surface area contributed by atoms with Gasteiger partial charge in [-0.1, -0.05) is 37.2 Å². The molecule has 1 fully saturated rings. The largest absolute Gasteiger partial charge is 0.395 e. The fraction of sp³-hybridized carbons (Fsp3) is 0.429. The van der Waals surface area contributed by atoms with Gasteiger partial charge in [0.05, 0.1) is 23.9 Å². The first-order chi connectivity index (χ1) is 14.1. The van der Waals surface area contributed by atoms with Crippen molar-refractivity contribution in [2.45, 2.75) is 38.6 Å². The summed E-state index contributed by atoms with van der Waals surface area (Å²) in [6.45, 7) is 4.57. The summed E-state index contributed by atoms with van der Waals surface area (Å²) in [5.74, 6) is 1.77. The summed E-state index contributed by atoms with van der Waals surface area (Å²) in [6, 6.07) is 6.10. The standard InChI is InChI=1S/C21H22N4O3S/c1-11(2)21-22-10-16(29-21)20-23-19(24-28-20)14-5-3-4-13-15(14)8-12-9-17(27)25(6-7-26)18(12)13/h3-5,10-12,18,26H,6-9H2,1-2H3. The number of aromatic nitrogens is 3. The van der Waals surface area contributed by atoms with Gasteiger partial charge in [-0.05, 0) is 23.5 Å². The predicted molar refractivity (Wildman–Crippen MR) is 108 cm³/mol. The molecule has 2 atom stereocenters. The predicted octanol–water partition coefficient (Wildman–Crippen LogP) is 3.42. The van der Waals surface area contributed by atoms with Gasteiger partial charge in [0.1, 0.15) is 4.88 Å². The Bertz CT molecular complexity index is 1070. The third-order valence-electron chi connectivity index (χ3n) is 5.77. The number of rotatable bonds is 5. The van der Waals surface area contributed by atoms with E-state index in [1.54, 1.807) is 17.5 Å². The van der Waals surface area contributed by atoms with E-state index in [9.17, 15) is 9.90 Å². The van der Waals surface area contributed by atoms with E-state index in [4.69, 9.17) is 4.52 Å². The van der Waals surface area contributed by atoms with Gasteiger partial charge in [-0.2, -0.15) is 4.98 Å². The first-order valence-electron chi connectivity index (χ1n) is 9.89. The SMILES string of the molecule is CC(C)c1ncc(-c2nc(-c3cccc4c3CC3CC(=O)N(CCO)C43)no2)s1. The average molecular weight is 410 g/mol. The zero-order chi connectivity index (χ0) is 20.1. The highest BCUT2D eigenvalue weighted by Crippen LogP contribution is 2.49. The molecule has 0 bridgehead atoms. The second kappa shape index (κ2) is 7.03. The number of fused-ring (bicyclic) bond motifs is 3. The van der Waals surface area contributed by atoms with E-state index in [1.165, 1.54) is 5.56 Å². The van der Waals surface area contributed by atoms with Gasteiger partial charge in [0, 0.05) is 24.4 Å². The van der Waals surface area contributed by atoms with Gasteiger partial charge in [0.25, 0.3) is 5.89 Å². The lowest BCUT2D eigenvalue weighted by molar-refractivity contribution is -0.129. The Labute approximate surface area is 172 Å². The van der Waals surface area contributed by atoms with E-state index in [-0.39, 0.29) is 24.5 Å². The summed E-state index contributed by atoms with van der Waals surface area (Å²) in [7, 11) is 0. The molecule has 2 unspecified atom stereocenters. The van der Waals surface area contributed by atoms with E-state index < -0.39 is 0 Å². The summed E-state index contributed by atoms with van der Waals surface area (Å²) in [4.78, 5) is 24.1. The van der Waals surface area contributed by atoms with Crippen LogP contribution in [0.4, 0.5) is 0 Å². The van der Waals surface area contributed by atoms with Crippen LogP contribution in [0.3, 0.4) is 0 Å². The zero-order valence-corrected chi connectivity index (χ0v) is 17.1. The molecule has 7 nitrogen and oxygen atoms in total. The number of nitrogens with zero attached hydrogens (tertiary/aromatic N) is 4. The normalized spacial score (nSPS) is 20.6. The molecule has 0 radical (unpaired) electrons. The highest BCUT2D eigenvalue weighted by molar-refractivity contribution is 7.15. The molecule has 8 heteroatoms. The fourth-order valence-corrected chi connectivity index (χ4v) is 5.35. The van der Waals surface area contributed by atoms with Crippen molar-refractivity contribution in [3.63, 3.8) is 0 Å². The minimum absolute atomic E-state index is 0.0224. The molecule has 3 aromatic rings. The maximum absolute atomic E-state index is 12.3. The molecule has 1 saturated heterocycles. The molecule has 2 aromatic heterocycles. The fourth-order valence-electron chi connectivity index (χ4n) is 4.51. The van der Waals surface area contributed by atoms with Crippen LogP contribution in [0, 0.1) is 5.92 Å². The van der Waals surface area contributed by atoms with Crippen molar-refractivity contribution in [3.05, 3.63) is 40.5 Å². The van der Waals surface area contributed by atoms with Gasteiger partial charge in [-0.3, -0.25) is 4.79 Å². The lowest BCUT2D eigenvalue weighted by Crippen LogP contribution is -2.30. The van der Waals surface area contributed by atoms with E-state index >= 15 is 0 Å². The molecule has 150 valence electrons. The van der Waals surface area contributed by atoms with Crippen molar-refractivity contribution >= 4 is 17.2 Å². The van der Waals surface area contributed by atoms with Crippen LogP contribution in [0.5, 0.6) is 0 Å². The van der Waals surface area contributed by atoms with E-state index in [0.29, 0.717) is 30.6 Å². The van der Waals surface area contributed by atoms with Gasteiger partial charge in [0.2, 0.25) is 11.7 Å². The van der Waals surface area contributed by atoms with Crippen molar-refractivity contribution in [2.24, 2.45) is 5.92 Å². The summed E-state index contributed by atoms with van der Waals surface area (Å²) in [5.41, 5.74) is 3.27. The van der Waals surface area contributed by atoms with Crippen molar-refractivity contribution in [2.75, 3.05) is 13.2 Å². The number of aliphatic hydroxyl groups is 1. The van der Waals surface area contributed by atoms with Crippen LogP contribution in [0.1, 0.15) is 48.4 Å². The number of likely N-dealkylation sites (tertiary alicyclic amines) is 1. The number of benzene rings is 1. The Balaban J connectivity index is 1.49.